The number of benzene rings is 1. The van der Waals surface area contributed by atoms with E-state index in [9.17, 15) is 14.0 Å². The molecular weight excluding hydrogens is 369 g/mol. The number of hydrogen-bond acceptors (Lipinski definition) is 6. The maximum absolute atomic E-state index is 13.3. The lowest BCUT2D eigenvalue weighted by molar-refractivity contribution is -0.121. The fraction of sp³-hybridized carbons (Fsp3) is 0.333. The van der Waals surface area contributed by atoms with Crippen molar-refractivity contribution in [2.75, 3.05) is 18.0 Å². The van der Waals surface area contributed by atoms with Gasteiger partial charge in [0.25, 0.3) is 11.8 Å². The van der Waals surface area contributed by atoms with Gasteiger partial charge in [0.1, 0.15) is 22.7 Å². The molecule has 0 aliphatic carbocycles. The maximum Gasteiger partial charge on any atom is 0.283 e. The predicted molar refractivity (Wildman–Crippen MR) is 100 cm³/mol. The van der Waals surface area contributed by atoms with Gasteiger partial charge in [-0.25, -0.2) is 9.29 Å². The molecule has 0 spiro atoms. The second-order valence-electron chi connectivity index (χ2n) is 5.77. The number of anilines is 1. The number of carbonyl (C=O) groups excluding carboxylic acids is 2. The SMILES string of the molecule is CCN(CC)C1=C(Sc2nncn2CC)C(=O)N(c2ccc(F)cc2)C1=O. The van der Waals surface area contributed by atoms with E-state index in [0.717, 1.165) is 16.7 Å². The third kappa shape index (κ3) is 3.46. The van der Waals surface area contributed by atoms with Gasteiger partial charge in [-0.1, -0.05) is 0 Å². The van der Waals surface area contributed by atoms with Gasteiger partial charge in [0, 0.05) is 19.6 Å². The number of amides is 2. The fourth-order valence-electron chi connectivity index (χ4n) is 2.87. The minimum Gasteiger partial charge on any atom is -0.367 e. The molecule has 0 saturated carbocycles. The molecule has 0 fully saturated rings. The fourth-order valence-corrected chi connectivity index (χ4v) is 3.92. The summed E-state index contributed by atoms with van der Waals surface area (Å²) in [5.41, 5.74) is 0.675. The first-order chi connectivity index (χ1) is 13.0. The van der Waals surface area contributed by atoms with Gasteiger partial charge in [-0.05, 0) is 56.8 Å². The number of carbonyl (C=O) groups is 2. The Hall–Kier alpha value is -2.68. The standard InChI is InChI=1S/C18H20FN5O2S/c1-4-22(5-2)14-15(27-18-21-20-11-23(18)6-3)17(26)24(16(14)25)13-9-7-12(19)8-10-13/h7-11H,4-6H2,1-3H3. The number of imide groups is 1. The summed E-state index contributed by atoms with van der Waals surface area (Å²) in [7, 11) is 0. The molecule has 0 bridgehead atoms. The van der Waals surface area contributed by atoms with E-state index in [0.29, 0.717) is 41.1 Å². The number of aromatic nitrogens is 3. The van der Waals surface area contributed by atoms with E-state index in [1.54, 1.807) is 10.9 Å². The molecule has 2 heterocycles. The zero-order valence-electron chi connectivity index (χ0n) is 15.3. The first-order valence-electron chi connectivity index (χ1n) is 8.70. The van der Waals surface area contributed by atoms with Crippen molar-refractivity contribution in [1.29, 1.82) is 0 Å². The highest BCUT2D eigenvalue weighted by Gasteiger charge is 2.42. The summed E-state index contributed by atoms with van der Waals surface area (Å²) in [5, 5.41) is 8.48. The van der Waals surface area contributed by atoms with E-state index in [1.165, 1.54) is 24.3 Å². The van der Waals surface area contributed by atoms with Gasteiger partial charge in [-0.15, -0.1) is 10.2 Å². The Morgan fingerprint density at radius 2 is 1.74 bits per heavy atom. The first kappa shape index (κ1) is 19.1. The van der Waals surface area contributed by atoms with Crippen LogP contribution in [0.3, 0.4) is 0 Å². The molecule has 142 valence electrons. The molecule has 1 aliphatic rings. The number of nitrogens with zero attached hydrogens (tertiary/aromatic N) is 5. The molecule has 1 aromatic carbocycles. The quantitative estimate of drug-likeness (QED) is 0.678. The lowest BCUT2D eigenvalue weighted by atomic mass is 10.3. The zero-order chi connectivity index (χ0) is 19.6. The smallest absolute Gasteiger partial charge is 0.283 e. The van der Waals surface area contributed by atoms with Crippen molar-refractivity contribution in [2.24, 2.45) is 0 Å². The third-order valence-corrected chi connectivity index (χ3v) is 5.37. The molecular formula is C18H20FN5O2S. The predicted octanol–water partition coefficient (Wildman–Crippen LogP) is 2.66. The van der Waals surface area contributed by atoms with E-state index in [4.69, 9.17) is 0 Å². The van der Waals surface area contributed by atoms with Gasteiger partial charge in [-0.3, -0.25) is 9.59 Å². The Morgan fingerprint density at radius 3 is 2.33 bits per heavy atom. The Morgan fingerprint density at radius 1 is 1.07 bits per heavy atom. The van der Waals surface area contributed by atoms with Crippen LogP contribution in [0.5, 0.6) is 0 Å². The summed E-state index contributed by atoms with van der Waals surface area (Å²) in [6.07, 6.45) is 1.58. The molecule has 0 radical (unpaired) electrons. The van der Waals surface area contributed by atoms with Gasteiger partial charge >= 0.3 is 0 Å². The van der Waals surface area contributed by atoms with Gasteiger partial charge in [-0.2, -0.15) is 0 Å². The van der Waals surface area contributed by atoms with E-state index >= 15 is 0 Å². The van der Waals surface area contributed by atoms with Crippen LogP contribution in [0.15, 0.2) is 46.4 Å². The van der Waals surface area contributed by atoms with E-state index in [1.807, 2.05) is 25.7 Å². The second-order valence-corrected chi connectivity index (χ2v) is 6.75. The van der Waals surface area contributed by atoms with Crippen molar-refractivity contribution in [1.82, 2.24) is 19.7 Å². The Kier molecular flexibility index (Phi) is 5.59. The summed E-state index contributed by atoms with van der Waals surface area (Å²) < 4.78 is 15.1. The summed E-state index contributed by atoms with van der Waals surface area (Å²) in [6.45, 7) is 7.59. The van der Waals surface area contributed by atoms with Crippen molar-refractivity contribution < 1.29 is 14.0 Å². The van der Waals surface area contributed by atoms with E-state index in [-0.39, 0.29) is 0 Å². The van der Waals surface area contributed by atoms with Crippen LogP contribution in [0.1, 0.15) is 20.8 Å². The van der Waals surface area contributed by atoms with Gasteiger partial charge in [0.15, 0.2) is 5.16 Å². The van der Waals surface area contributed by atoms with Crippen molar-refractivity contribution >= 4 is 29.3 Å². The second kappa shape index (κ2) is 7.91. The maximum atomic E-state index is 13.3. The van der Waals surface area contributed by atoms with Crippen molar-refractivity contribution in [3.63, 3.8) is 0 Å². The first-order valence-corrected chi connectivity index (χ1v) is 9.52. The van der Waals surface area contributed by atoms with Gasteiger partial charge in [0.05, 0.1) is 5.69 Å². The summed E-state index contributed by atoms with van der Waals surface area (Å²) in [5.74, 6) is -1.29. The number of rotatable bonds is 7. The molecule has 0 saturated heterocycles. The van der Waals surface area contributed by atoms with Gasteiger partial charge in [0.2, 0.25) is 0 Å². The summed E-state index contributed by atoms with van der Waals surface area (Å²) in [4.78, 5) is 29.5. The van der Waals surface area contributed by atoms with Crippen LogP contribution in [0.25, 0.3) is 0 Å². The number of thioether (sulfide) groups is 1. The normalized spacial score (nSPS) is 14.4. The Balaban J connectivity index is 2.05. The Labute approximate surface area is 160 Å². The van der Waals surface area contributed by atoms with Crippen LogP contribution >= 0.6 is 11.8 Å². The largest absolute Gasteiger partial charge is 0.367 e. The lowest BCUT2D eigenvalue weighted by Gasteiger charge is -2.22. The number of hydrogen-bond donors (Lipinski definition) is 0. The highest BCUT2D eigenvalue weighted by Crippen LogP contribution is 2.37. The molecule has 1 aliphatic heterocycles. The molecule has 7 nitrogen and oxygen atoms in total. The Bertz CT molecular complexity index is 889. The molecule has 0 N–H and O–H groups in total. The summed E-state index contributed by atoms with van der Waals surface area (Å²) >= 11 is 1.13. The van der Waals surface area contributed by atoms with Crippen LogP contribution in [-0.4, -0.2) is 44.6 Å². The van der Waals surface area contributed by atoms with Gasteiger partial charge < -0.3 is 9.47 Å². The van der Waals surface area contributed by atoms with Crippen LogP contribution in [0, 0.1) is 5.82 Å². The molecule has 9 heteroatoms. The molecule has 2 amide bonds. The molecule has 3 rings (SSSR count). The zero-order valence-corrected chi connectivity index (χ0v) is 16.2. The third-order valence-electron chi connectivity index (χ3n) is 4.30. The van der Waals surface area contributed by atoms with Crippen LogP contribution in [0.4, 0.5) is 10.1 Å². The van der Waals surface area contributed by atoms with Crippen LogP contribution in [-0.2, 0) is 16.1 Å². The van der Waals surface area contributed by atoms with Crippen LogP contribution in [0.2, 0.25) is 0 Å². The number of halogens is 1. The lowest BCUT2D eigenvalue weighted by Crippen LogP contribution is -2.35. The molecule has 2 aromatic rings. The molecule has 0 unspecified atom stereocenters. The highest BCUT2D eigenvalue weighted by molar-refractivity contribution is 8.04. The van der Waals surface area contributed by atoms with Crippen molar-refractivity contribution in [2.45, 2.75) is 32.5 Å². The van der Waals surface area contributed by atoms with Crippen molar-refractivity contribution in [3.8, 4) is 0 Å². The summed E-state index contributed by atoms with van der Waals surface area (Å²) in [6, 6.07) is 5.30. The average molecular weight is 389 g/mol. The van der Waals surface area contributed by atoms with Crippen molar-refractivity contribution in [3.05, 3.63) is 47.0 Å². The number of likely N-dealkylation sites (N-methyl/N-ethyl adjacent to an activating group) is 1. The topological polar surface area (TPSA) is 71.3 Å². The number of aryl methyl sites for hydroxylation is 1. The average Bonchev–Trinajstić information content (AvgIpc) is 3.21. The van der Waals surface area contributed by atoms with E-state index in [2.05, 4.69) is 10.2 Å². The minimum absolute atomic E-state index is 0.302. The molecule has 27 heavy (non-hydrogen) atoms. The monoisotopic (exact) mass is 389 g/mol. The van der Waals surface area contributed by atoms with Crippen LogP contribution < -0.4 is 4.90 Å². The highest BCUT2D eigenvalue weighted by atomic mass is 32.2. The van der Waals surface area contributed by atoms with E-state index < -0.39 is 17.6 Å². The minimum atomic E-state index is -0.441. The molecule has 0 atom stereocenters. The molecule has 1 aromatic heterocycles.